The van der Waals surface area contributed by atoms with Gasteiger partial charge in [-0.1, -0.05) is 80.4 Å². The first kappa shape index (κ1) is 28.1. The summed E-state index contributed by atoms with van der Waals surface area (Å²) in [5.74, 6) is 1.86. The highest BCUT2D eigenvalue weighted by Crippen LogP contribution is 2.36. The van der Waals surface area contributed by atoms with E-state index in [1.165, 1.54) is 11.1 Å². The van der Waals surface area contributed by atoms with Crippen LogP contribution in [0.1, 0.15) is 55.0 Å². The quantitative estimate of drug-likeness (QED) is 0.182. The highest BCUT2D eigenvalue weighted by atomic mass is 79.9. The summed E-state index contributed by atoms with van der Waals surface area (Å²) < 4.78 is 14.8. The van der Waals surface area contributed by atoms with E-state index < -0.39 is 0 Å². The minimum Gasteiger partial charge on any atom is -0.493 e. The largest absolute Gasteiger partial charge is 0.493 e. The molecule has 0 spiro atoms. The van der Waals surface area contributed by atoms with Crippen molar-refractivity contribution in [3.05, 3.63) is 94.8 Å². The average Bonchev–Trinajstić information content (AvgIpc) is 2.94. The molecule has 1 aromatic heterocycles. The summed E-state index contributed by atoms with van der Waals surface area (Å²) in [6.07, 6.45) is 6.99. The molecule has 0 saturated heterocycles. The fourth-order valence-electron chi connectivity index (χ4n) is 4.80. The number of hydrogen-bond acceptors (Lipinski definition) is 5. The van der Waals surface area contributed by atoms with E-state index in [4.69, 9.17) is 42.8 Å². The minimum absolute atomic E-state index is 0.166. The van der Waals surface area contributed by atoms with E-state index in [0.717, 1.165) is 40.2 Å². The third kappa shape index (κ3) is 6.35. The Labute approximate surface area is 253 Å². The molecule has 1 aliphatic rings. The summed E-state index contributed by atoms with van der Waals surface area (Å²) in [5, 5.41) is 6.13. The van der Waals surface area contributed by atoms with Crippen LogP contribution in [-0.2, 0) is 6.61 Å². The third-order valence-electron chi connectivity index (χ3n) is 6.75. The molecular weight excluding hydrogens is 669 g/mol. The maximum atomic E-state index is 13.7. The van der Waals surface area contributed by atoms with Crippen LogP contribution >= 0.6 is 55.1 Å². The standard InChI is InChI=1S/C29H25Br2Cl2N3O3/c1-38-26-14-21(31)12-19(27(26)39-16-17-7-9-23(32)24(33)11-17)15-34-36-28(18-5-3-2-4-6-18)35-25-10-8-20(30)13-22(25)29(36)37/h7-15,18H,2-6,16H2,1H3. The van der Waals surface area contributed by atoms with E-state index >= 15 is 0 Å². The van der Waals surface area contributed by atoms with Crippen molar-refractivity contribution in [3.8, 4) is 11.5 Å². The van der Waals surface area contributed by atoms with Gasteiger partial charge in [-0.2, -0.15) is 9.78 Å². The van der Waals surface area contributed by atoms with E-state index in [2.05, 4.69) is 31.9 Å². The fourth-order valence-corrected chi connectivity index (χ4v) is 5.93. The molecule has 0 amide bonds. The number of hydrogen-bond donors (Lipinski definition) is 0. The predicted octanol–water partition coefficient (Wildman–Crippen LogP) is 8.75. The minimum atomic E-state index is -0.210. The Bertz CT molecular complexity index is 1620. The summed E-state index contributed by atoms with van der Waals surface area (Å²) in [4.78, 5) is 18.6. The van der Waals surface area contributed by atoms with Crippen LogP contribution in [-0.4, -0.2) is 23.0 Å². The molecule has 5 rings (SSSR count). The van der Waals surface area contributed by atoms with Gasteiger partial charge in [0.25, 0.3) is 5.56 Å². The number of ether oxygens (including phenoxy) is 2. The van der Waals surface area contributed by atoms with Gasteiger partial charge in [0.15, 0.2) is 11.5 Å². The summed E-state index contributed by atoms with van der Waals surface area (Å²) in [5.41, 5.74) is 1.94. The second-order valence-electron chi connectivity index (χ2n) is 9.39. The van der Waals surface area contributed by atoms with Crippen LogP contribution in [0.3, 0.4) is 0 Å². The smallest absolute Gasteiger partial charge is 0.282 e. The molecule has 6 nitrogen and oxygen atoms in total. The van der Waals surface area contributed by atoms with E-state index in [0.29, 0.717) is 43.8 Å². The number of rotatable bonds is 7. The van der Waals surface area contributed by atoms with Crippen molar-refractivity contribution in [3.63, 3.8) is 0 Å². The molecule has 1 heterocycles. The first-order chi connectivity index (χ1) is 18.8. The molecule has 1 fully saturated rings. The lowest BCUT2D eigenvalue weighted by Crippen LogP contribution is -2.25. The molecule has 0 atom stereocenters. The van der Waals surface area contributed by atoms with Crippen LogP contribution in [0.15, 0.2) is 67.4 Å². The number of methoxy groups -OCH3 is 1. The van der Waals surface area contributed by atoms with Gasteiger partial charge < -0.3 is 9.47 Å². The Morgan fingerprint density at radius 2 is 1.82 bits per heavy atom. The Kier molecular flexibility index (Phi) is 8.96. The van der Waals surface area contributed by atoms with Crippen molar-refractivity contribution < 1.29 is 9.47 Å². The molecule has 10 heteroatoms. The third-order valence-corrected chi connectivity index (χ3v) is 8.44. The number of nitrogens with zero attached hydrogens (tertiary/aromatic N) is 3. The summed E-state index contributed by atoms with van der Waals surface area (Å²) in [6.45, 7) is 0.231. The molecule has 1 saturated carbocycles. The first-order valence-electron chi connectivity index (χ1n) is 12.5. The van der Waals surface area contributed by atoms with Gasteiger partial charge in [0.2, 0.25) is 0 Å². The van der Waals surface area contributed by atoms with Gasteiger partial charge in [0.05, 0.1) is 34.3 Å². The Hall–Kier alpha value is -2.39. The molecule has 0 radical (unpaired) electrons. The lowest BCUT2D eigenvalue weighted by atomic mass is 9.88. The van der Waals surface area contributed by atoms with Crippen LogP contribution in [0, 0.1) is 0 Å². The lowest BCUT2D eigenvalue weighted by molar-refractivity contribution is 0.284. The summed E-state index contributed by atoms with van der Waals surface area (Å²) in [6, 6.07) is 14.6. The van der Waals surface area contributed by atoms with Crippen LogP contribution < -0.4 is 15.0 Å². The van der Waals surface area contributed by atoms with Crippen molar-refractivity contribution in [2.24, 2.45) is 5.10 Å². The zero-order chi connectivity index (χ0) is 27.5. The van der Waals surface area contributed by atoms with Crippen LogP contribution in [0.25, 0.3) is 10.9 Å². The maximum absolute atomic E-state index is 13.7. The maximum Gasteiger partial charge on any atom is 0.282 e. The van der Waals surface area contributed by atoms with Gasteiger partial charge >= 0.3 is 0 Å². The number of halogens is 4. The molecule has 0 bridgehead atoms. The van der Waals surface area contributed by atoms with Crippen LogP contribution in [0.5, 0.6) is 11.5 Å². The number of aromatic nitrogens is 2. The van der Waals surface area contributed by atoms with E-state index in [-0.39, 0.29) is 18.1 Å². The van der Waals surface area contributed by atoms with Gasteiger partial charge in [-0.05, 0) is 60.9 Å². The Balaban J connectivity index is 1.58. The highest BCUT2D eigenvalue weighted by molar-refractivity contribution is 9.10. The fraction of sp³-hybridized carbons (Fsp3) is 0.276. The molecule has 0 aliphatic heterocycles. The first-order valence-corrected chi connectivity index (χ1v) is 14.9. The normalized spacial score (nSPS) is 14.3. The molecular formula is C29H25Br2Cl2N3O3. The second kappa shape index (κ2) is 12.4. The SMILES string of the molecule is COc1cc(Br)cc(C=Nn2c(C3CCCCC3)nc3ccc(Br)cc3c2=O)c1OCc1ccc(Cl)c(Cl)c1. The number of fused-ring (bicyclic) bond motifs is 1. The summed E-state index contributed by atoms with van der Waals surface area (Å²) in [7, 11) is 1.57. The molecule has 39 heavy (non-hydrogen) atoms. The van der Waals surface area contributed by atoms with Crippen molar-refractivity contribution in [1.29, 1.82) is 0 Å². The molecule has 4 aromatic rings. The Morgan fingerprint density at radius 3 is 2.56 bits per heavy atom. The van der Waals surface area contributed by atoms with Crippen LogP contribution in [0.4, 0.5) is 0 Å². The molecule has 202 valence electrons. The highest BCUT2D eigenvalue weighted by Gasteiger charge is 2.23. The van der Waals surface area contributed by atoms with Crippen molar-refractivity contribution in [1.82, 2.24) is 9.66 Å². The van der Waals surface area contributed by atoms with Gasteiger partial charge in [-0.25, -0.2) is 4.98 Å². The van der Waals surface area contributed by atoms with Gasteiger partial charge in [0.1, 0.15) is 12.4 Å². The van der Waals surface area contributed by atoms with Gasteiger partial charge in [0, 0.05) is 20.4 Å². The van der Waals surface area contributed by atoms with E-state index in [9.17, 15) is 4.79 Å². The molecule has 0 N–H and O–H groups in total. The average molecular weight is 694 g/mol. The zero-order valence-electron chi connectivity index (χ0n) is 21.1. The monoisotopic (exact) mass is 691 g/mol. The van der Waals surface area contributed by atoms with E-state index in [1.54, 1.807) is 31.5 Å². The zero-order valence-corrected chi connectivity index (χ0v) is 25.8. The van der Waals surface area contributed by atoms with Crippen molar-refractivity contribution >= 4 is 72.2 Å². The second-order valence-corrected chi connectivity index (χ2v) is 12.0. The van der Waals surface area contributed by atoms with E-state index in [1.807, 2.05) is 30.3 Å². The predicted molar refractivity (Wildman–Crippen MR) is 164 cm³/mol. The lowest BCUT2D eigenvalue weighted by Gasteiger charge is -2.23. The van der Waals surface area contributed by atoms with Gasteiger partial charge in [-0.15, -0.1) is 0 Å². The number of benzene rings is 3. The van der Waals surface area contributed by atoms with Crippen LogP contribution in [0.2, 0.25) is 10.0 Å². The Morgan fingerprint density at radius 1 is 1.03 bits per heavy atom. The molecule has 0 unspecified atom stereocenters. The van der Waals surface area contributed by atoms with Crippen molar-refractivity contribution in [2.75, 3.05) is 7.11 Å². The summed E-state index contributed by atoms with van der Waals surface area (Å²) >= 11 is 19.3. The van der Waals surface area contributed by atoms with Gasteiger partial charge in [-0.3, -0.25) is 4.79 Å². The van der Waals surface area contributed by atoms with Crippen molar-refractivity contribution in [2.45, 2.75) is 44.6 Å². The molecule has 3 aromatic carbocycles. The molecule has 1 aliphatic carbocycles. The topological polar surface area (TPSA) is 65.7 Å².